The van der Waals surface area contributed by atoms with Crippen molar-refractivity contribution in [2.75, 3.05) is 5.32 Å². The van der Waals surface area contributed by atoms with E-state index in [1.165, 1.54) is 20.0 Å². The maximum Gasteiger partial charge on any atom is 0.350 e. The number of tetrazole rings is 1. The molecular formula is C16H15N5O6. The third-order valence-electron chi connectivity index (χ3n) is 3.35. The van der Waals surface area contributed by atoms with Crippen molar-refractivity contribution in [3.63, 3.8) is 0 Å². The Hall–Kier alpha value is -3.76. The van der Waals surface area contributed by atoms with E-state index in [4.69, 9.17) is 14.6 Å². The highest BCUT2D eigenvalue weighted by atomic mass is 16.7. The summed E-state index contributed by atoms with van der Waals surface area (Å²) >= 11 is 0. The molecule has 0 radical (unpaired) electrons. The number of aromatic nitrogens is 4. The summed E-state index contributed by atoms with van der Waals surface area (Å²) in [4.78, 5) is 35.5. The predicted molar refractivity (Wildman–Crippen MR) is 88.9 cm³/mol. The lowest BCUT2D eigenvalue weighted by molar-refractivity contribution is -0.222. The van der Waals surface area contributed by atoms with Crippen molar-refractivity contribution in [3.8, 4) is 11.4 Å². The Morgan fingerprint density at radius 3 is 2.67 bits per heavy atom. The van der Waals surface area contributed by atoms with Crippen LogP contribution in [0.1, 0.15) is 13.8 Å². The standard InChI is InChI=1S/C16H15N5O6/c1-16(2)26-14(24)11(15(25)27-16)7-17-10-5-3-4-9(6-10)13-18-20-21(19-13)8-12(22)23/h3-7,17H,8H2,1-2H3,(H,22,23). The summed E-state index contributed by atoms with van der Waals surface area (Å²) in [7, 11) is 0. The Balaban J connectivity index is 1.76. The van der Waals surface area contributed by atoms with Crippen LogP contribution in [0, 0.1) is 0 Å². The molecular weight excluding hydrogens is 358 g/mol. The first-order valence-corrected chi connectivity index (χ1v) is 7.77. The van der Waals surface area contributed by atoms with E-state index in [1.807, 2.05) is 0 Å². The molecule has 0 bridgehead atoms. The lowest BCUT2D eigenvalue weighted by Crippen LogP contribution is -2.42. The van der Waals surface area contributed by atoms with Crippen LogP contribution in [0.3, 0.4) is 0 Å². The van der Waals surface area contributed by atoms with Gasteiger partial charge in [0, 0.05) is 31.3 Å². The molecule has 1 fully saturated rings. The number of anilines is 1. The molecule has 2 heterocycles. The second-order valence-corrected chi connectivity index (χ2v) is 6.00. The minimum Gasteiger partial charge on any atom is -0.480 e. The number of esters is 2. The summed E-state index contributed by atoms with van der Waals surface area (Å²) in [5.74, 6) is -3.75. The highest BCUT2D eigenvalue weighted by Gasteiger charge is 2.38. The molecule has 0 saturated carbocycles. The van der Waals surface area contributed by atoms with E-state index in [-0.39, 0.29) is 11.4 Å². The van der Waals surface area contributed by atoms with E-state index in [2.05, 4.69) is 20.7 Å². The summed E-state index contributed by atoms with van der Waals surface area (Å²) in [5.41, 5.74) is 0.815. The number of ether oxygens (including phenoxy) is 2. The monoisotopic (exact) mass is 373 g/mol. The van der Waals surface area contributed by atoms with E-state index in [0.717, 1.165) is 4.80 Å². The van der Waals surface area contributed by atoms with Gasteiger partial charge in [-0.3, -0.25) is 4.79 Å². The van der Waals surface area contributed by atoms with Gasteiger partial charge < -0.3 is 19.9 Å². The van der Waals surface area contributed by atoms with Gasteiger partial charge in [-0.25, -0.2) is 9.59 Å². The quantitative estimate of drug-likeness (QED) is 0.433. The number of carboxylic acid groups (broad SMARTS) is 1. The second kappa shape index (κ2) is 6.86. The highest BCUT2D eigenvalue weighted by molar-refractivity contribution is 6.15. The first kappa shape index (κ1) is 18.0. The molecule has 11 heteroatoms. The molecule has 2 aromatic rings. The van der Waals surface area contributed by atoms with Crippen LogP contribution < -0.4 is 5.32 Å². The molecule has 1 aromatic carbocycles. The average Bonchev–Trinajstić information content (AvgIpc) is 3.01. The van der Waals surface area contributed by atoms with Crippen LogP contribution in [-0.4, -0.2) is 49.0 Å². The van der Waals surface area contributed by atoms with E-state index in [9.17, 15) is 14.4 Å². The smallest absolute Gasteiger partial charge is 0.350 e. The topological polar surface area (TPSA) is 146 Å². The van der Waals surface area contributed by atoms with Crippen LogP contribution in [0.4, 0.5) is 5.69 Å². The molecule has 1 saturated heterocycles. The maximum atomic E-state index is 11.9. The lowest BCUT2D eigenvalue weighted by atomic mass is 10.2. The molecule has 0 spiro atoms. The van der Waals surface area contributed by atoms with Gasteiger partial charge in [0.15, 0.2) is 12.1 Å². The Kier molecular flexibility index (Phi) is 4.59. The number of nitrogens with one attached hydrogen (secondary N) is 1. The number of aliphatic carboxylic acids is 1. The van der Waals surface area contributed by atoms with E-state index in [1.54, 1.807) is 24.3 Å². The van der Waals surface area contributed by atoms with Gasteiger partial charge in [-0.15, -0.1) is 10.2 Å². The van der Waals surface area contributed by atoms with E-state index in [0.29, 0.717) is 11.3 Å². The van der Waals surface area contributed by atoms with Gasteiger partial charge in [0.25, 0.3) is 5.79 Å². The zero-order valence-electron chi connectivity index (χ0n) is 14.4. The van der Waals surface area contributed by atoms with E-state index >= 15 is 0 Å². The first-order chi connectivity index (χ1) is 12.7. The zero-order chi connectivity index (χ0) is 19.6. The third kappa shape index (κ3) is 4.26. The Morgan fingerprint density at radius 1 is 1.30 bits per heavy atom. The van der Waals surface area contributed by atoms with Crippen molar-refractivity contribution < 1.29 is 29.0 Å². The van der Waals surface area contributed by atoms with Crippen LogP contribution >= 0.6 is 0 Å². The van der Waals surface area contributed by atoms with Crippen LogP contribution in [0.25, 0.3) is 11.4 Å². The number of rotatable bonds is 5. The number of nitrogens with zero attached hydrogens (tertiary/aromatic N) is 4. The fourth-order valence-corrected chi connectivity index (χ4v) is 2.23. The zero-order valence-corrected chi connectivity index (χ0v) is 14.4. The predicted octanol–water partition coefficient (Wildman–Crippen LogP) is 0.557. The largest absolute Gasteiger partial charge is 0.480 e. The molecule has 0 aliphatic carbocycles. The van der Waals surface area contributed by atoms with Crippen molar-refractivity contribution in [2.45, 2.75) is 26.2 Å². The molecule has 11 nitrogen and oxygen atoms in total. The number of carbonyl (C=O) groups excluding carboxylic acids is 2. The summed E-state index contributed by atoms with van der Waals surface area (Å²) in [5, 5.41) is 23.0. The molecule has 1 aromatic heterocycles. The lowest BCUT2D eigenvalue weighted by Gasteiger charge is -2.29. The summed E-state index contributed by atoms with van der Waals surface area (Å²) in [6.07, 6.45) is 1.19. The van der Waals surface area contributed by atoms with Crippen molar-refractivity contribution in [1.82, 2.24) is 20.2 Å². The van der Waals surface area contributed by atoms with Gasteiger partial charge >= 0.3 is 17.9 Å². The number of hydrogen-bond acceptors (Lipinski definition) is 9. The number of cyclic esters (lactones) is 2. The Labute approximate surface area is 152 Å². The maximum absolute atomic E-state index is 11.9. The van der Waals surface area contributed by atoms with Gasteiger partial charge in [-0.1, -0.05) is 12.1 Å². The minimum absolute atomic E-state index is 0.228. The van der Waals surface area contributed by atoms with Crippen molar-refractivity contribution in [1.29, 1.82) is 0 Å². The van der Waals surface area contributed by atoms with E-state index < -0.39 is 30.2 Å². The molecule has 1 aliphatic rings. The number of carboxylic acids is 1. The Bertz CT molecular complexity index is 926. The third-order valence-corrected chi connectivity index (χ3v) is 3.35. The molecule has 1 aliphatic heterocycles. The fourth-order valence-electron chi connectivity index (χ4n) is 2.23. The van der Waals surface area contributed by atoms with Gasteiger partial charge in [0.2, 0.25) is 5.82 Å². The van der Waals surface area contributed by atoms with Crippen LogP contribution in [0.2, 0.25) is 0 Å². The van der Waals surface area contributed by atoms with Gasteiger partial charge in [-0.05, 0) is 17.3 Å². The van der Waals surface area contributed by atoms with Gasteiger partial charge in [0.1, 0.15) is 0 Å². The molecule has 2 N–H and O–H groups in total. The molecule has 0 unspecified atom stereocenters. The summed E-state index contributed by atoms with van der Waals surface area (Å²) in [6.45, 7) is 2.51. The minimum atomic E-state index is -1.31. The first-order valence-electron chi connectivity index (χ1n) is 7.77. The van der Waals surface area contributed by atoms with Crippen LogP contribution in [0.15, 0.2) is 36.0 Å². The van der Waals surface area contributed by atoms with Crippen molar-refractivity contribution in [2.24, 2.45) is 0 Å². The fraction of sp³-hybridized carbons (Fsp3) is 0.250. The SMILES string of the molecule is CC1(C)OC(=O)C(=CNc2cccc(-c3nnn(CC(=O)O)n3)c2)C(=O)O1. The van der Waals surface area contributed by atoms with Crippen molar-refractivity contribution in [3.05, 3.63) is 36.0 Å². The molecule has 0 amide bonds. The van der Waals surface area contributed by atoms with Gasteiger partial charge in [0.05, 0.1) is 0 Å². The van der Waals surface area contributed by atoms with Crippen LogP contribution in [-0.2, 0) is 30.4 Å². The normalized spacial score (nSPS) is 15.7. The molecule has 3 rings (SSSR count). The molecule has 27 heavy (non-hydrogen) atoms. The van der Waals surface area contributed by atoms with Crippen LogP contribution in [0.5, 0.6) is 0 Å². The van der Waals surface area contributed by atoms with Gasteiger partial charge in [-0.2, -0.15) is 4.80 Å². The highest BCUT2D eigenvalue weighted by Crippen LogP contribution is 2.23. The summed E-state index contributed by atoms with van der Waals surface area (Å²) in [6, 6.07) is 6.72. The number of benzene rings is 1. The molecule has 140 valence electrons. The summed E-state index contributed by atoms with van der Waals surface area (Å²) < 4.78 is 10.0. The Morgan fingerprint density at radius 2 is 2.00 bits per heavy atom. The number of hydrogen-bond donors (Lipinski definition) is 2. The average molecular weight is 373 g/mol. The number of carbonyl (C=O) groups is 3. The van der Waals surface area contributed by atoms with Crippen molar-refractivity contribution >= 4 is 23.6 Å². The second-order valence-electron chi connectivity index (χ2n) is 6.00. The molecule has 0 atom stereocenters.